The number of hydrogen-bond donors (Lipinski definition) is 1. The molecule has 0 amide bonds. The number of allylic oxidation sites excluding steroid dienone is 2. The van der Waals surface area contributed by atoms with Crippen molar-refractivity contribution in [3.63, 3.8) is 0 Å². The highest BCUT2D eigenvalue weighted by molar-refractivity contribution is 6.00. The van der Waals surface area contributed by atoms with Crippen LogP contribution in [0.1, 0.15) is 60.3 Å². The molecule has 2 nitrogen and oxygen atoms in total. The van der Waals surface area contributed by atoms with Gasteiger partial charge in [-0.15, -0.1) is 6.42 Å². The van der Waals surface area contributed by atoms with E-state index in [2.05, 4.69) is 63.0 Å². The largest absolute Gasteiger partial charge is 0.306 e. The zero-order valence-electron chi connectivity index (χ0n) is 14.5. The van der Waals surface area contributed by atoms with Gasteiger partial charge in [-0.3, -0.25) is 4.99 Å². The summed E-state index contributed by atoms with van der Waals surface area (Å²) in [5.74, 6) is 3.28. The first-order valence-electron chi connectivity index (χ1n) is 8.29. The molecule has 0 aromatic heterocycles. The van der Waals surface area contributed by atoms with Gasteiger partial charge in [-0.2, -0.15) is 0 Å². The number of terminal acetylenes is 1. The Balaban J connectivity index is 2.80. The van der Waals surface area contributed by atoms with Crippen LogP contribution in [0.2, 0.25) is 0 Å². The molecule has 0 aromatic rings. The van der Waals surface area contributed by atoms with Crippen molar-refractivity contribution in [2.24, 2.45) is 16.3 Å². The van der Waals surface area contributed by atoms with E-state index in [0.717, 1.165) is 32.2 Å². The molecule has 0 aliphatic heterocycles. The smallest absolute Gasteiger partial charge is 0.0995 e. The van der Waals surface area contributed by atoms with Crippen LogP contribution in [0.5, 0.6) is 0 Å². The second-order valence-electron chi connectivity index (χ2n) is 7.12. The Kier molecular flexibility index (Phi) is 6.68. The molecule has 0 radical (unpaired) electrons. The molecule has 0 bridgehead atoms. The maximum absolute atomic E-state index is 5.36. The summed E-state index contributed by atoms with van der Waals surface area (Å²) in [5.41, 5.74) is 1.62. The third kappa shape index (κ3) is 4.71. The van der Waals surface area contributed by atoms with Gasteiger partial charge in [0.1, 0.15) is 0 Å². The molecule has 1 aliphatic carbocycles. The minimum Gasteiger partial charge on any atom is -0.306 e. The van der Waals surface area contributed by atoms with Crippen LogP contribution in [0.4, 0.5) is 0 Å². The summed E-state index contributed by atoms with van der Waals surface area (Å²) >= 11 is 0. The van der Waals surface area contributed by atoms with Crippen LogP contribution >= 0.6 is 0 Å². The van der Waals surface area contributed by atoms with Crippen molar-refractivity contribution < 1.29 is 0 Å². The molecular formula is C19H32N2. The summed E-state index contributed by atoms with van der Waals surface area (Å²) in [6, 6.07) is 0. The molecule has 0 aromatic carbocycles. The standard InChI is InChI=1S/C19H32N2/c1-7-13-20-17-15-16(11-10-12-18(4,5)6)19(17,9-3)21-14-8-2/h1,10,12,16,21H,8-9,11,13-15H2,2-6H3/b12-10-,20-17?. The van der Waals surface area contributed by atoms with E-state index in [4.69, 9.17) is 6.42 Å². The fraction of sp³-hybridized carbons (Fsp3) is 0.737. The zero-order valence-corrected chi connectivity index (χ0v) is 14.5. The van der Waals surface area contributed by atoms with E-state index in [9.17, 15) is 0 Å². The van der Waals surface area contributed by atoms with Gasteiger partial charge < -0.3 is 5.32 Å². The van der Waals surface area contributed by atoms with Crippen molar-refractivity contribution in [3.8, 4) is 12.3 Å². The Hall–Kier alpha value is -1.07. The lowest BCUT2D eigenvalue weighted by Crippen LogP contribution is -2.65. The van der Waals surface area contributed by atoms with Gasteiger partial charge in [-0.25, -0.2) is 0 Å². The molecule has 21 heavy (non-hydrogen) atoms. The van der Waals surface area contributed by atoms with E-state index in [1.165, 1.54) is 5.71 Å². The number of nitrogens with one attached hydrogen (secondary N) is 1. The molecule has 2 heteroatoms. The third-order valence-electron chi connectivity index (χ3n) is 4.30. The minimum atomic E-state index is 0.0785. The molecule has 0 spiro atoms. The lowest BCUT2D eigenvalue weighted by molar-refractivity contribution is 0.229. The van der Waals surface area contributed by atoms with Crippen molar-refractivity contribution in [2.45, 2.75) is 65.8 Å². The van der Waals surface area contributed by atoms with Gasteiger partial charge in [0.05, 0.1) is 12.1 Å². The summed E-state index contributed by atoms with van der Waals surface area (Å²) in [6.07, 6.45) is 14.5. The summed E-state index contributed by atoms with van der Waals surface area (Å²) in [4.78, 5) is 4.63. The highest BCUT2D eigenvalue weighted by atomic mass is 15.0. The maximum Gasteiger partial charge on any atom is 0.0995 e. The molecule has 1 N–H and O–H groups in total. The van der Waals surface area contributed by atoms with E-state index in [1.807, 2.05) is 0 Å². The number of aliphatic imine (C=N–C) groups is 1. The molecule has 118 valence electrons. The highest BCUT2D eigenvalue weighted by Crippen LogP contribution is 2.41. The second kappa shape index (κ2) is 7.80. The van der Waals surface area contributed by atoms with E-state index < -0.39 is 0 Å². The predicted octanol–water partition coefficient (Wildman–Crippen LogP) is 4.22. The normalized spacial score (nSPS) is 27.8. The number of hydrogen-bond acceptors (Lipinski definition) is 2. The Morgan fingerprint density at radius 2 is 2.14 bits per heavy atom. The lowest BCUT2D eigenvalue weighted by atomic mass is 9.61. The third-order valence-corrected chi connectivity index (χ3v) is 4.30. The van der Waals surface area contributed by atoms with Gasteiger partial charge in [0.25, 0.3) is 0 Å². The van der Waals surface area contributed by atoms with Gasteiger partial charge in [-0.05, 0) is 43.6 Å². The van der Waals surface area contributed by atoms with Gasteiger partial charge in [0.15, 0.2) is 0 Å². The van der Waals surface area contributed by atoms with Crippen LogP contribution < -0.4 is 5.32 Å². The lowest BCUT2D eigenvalue weighted by Gasteiger charge is -2.51. The van der Waals surface area contributed by atoms with Gasteiger partial charge in [0.2, 0.25) is 0 Å². The molecule has 1 rings (SSSR count). The Labute approximate surface area is 131 Å². The zero-order chi connectivity index (χ0) is 15.9. The van der Waals surface area contributed by atoms with Crippen LogP contribution in [-0.2, 0) is 0 Å². The summed E-state index contributed by atoms with van der Waals surface area (Å²) in [6.45, 7) is 12.7. The molecule has 1 aliphatic rings. The van der Waals surface area contributed by atoms with E-state index in [-0.39, 0.29) is 11.0 Å². The van der Waals surface area contributed by atoms with Crippen LogP contribution in [-0.4, -0.2) is 24.3 Å². The Bertz CT molecular complexity index is 420. The highest BCUT2D eigenvalue weighted by Gasteiger charge is 2.49. The fourth-order valence-corrected chi connectivity index (χ4v) is 3.12. The molecular weight excluding hydrogens is 256 g/mol. The first-order valence-corrected chi connectivity index (χ1v) is 8.29. The predicted molar refractivity (Wildman–Crippen MR) is 93.8 cm³/mol. The topological polar surface area (TPSA) is 24.4 Å². The van der Waals surface area contributed by atoms with E-state index in [0.29, 0.717) is 12.5 Å². The van der Waals surface area contributed by atoms with Crippen LogP contribution in [0.25, 0.3) is 0 Å². The quantitative estimate of drug-likeness (QED) is 0.550. The first kappa shape index (κ1) is 18.0. The molecule has 0 heterocycles. The fourth-order valence-electron chi connectivity index (χ4n) is 3.12. The van der Waals surface area contributed by atoms with E-state index in [1.54, 1.807) is 0 Å². The molecule has 2 unspecified atom stereocenters. The number of nitrogens with zero attached hydrogens (tertiary/aromatic N) is 1. The van der Waals surface area contributed by atoms with Gasteiger partial charge in [-0.1, -0.05) is 52.7 Å². The summed E-state index contributed by atoms with van der Waals surface area (Å²) < 4.78 is 0. The Morgan fingerprint density at radius 3 is 2.67 bits per heavy atom. The average molecular weight is 288 g/mol. The van der Waals surface area contributed by atoms with Crippen LogP contribution in [0.15, 0.2) is 17.1 Å². The summed E-state index contributed by atoms with van der Waals surface area (Å²) in [7, 11) is 0. The van der Waals surface area contributed by atoms with E-state index >= 15 is 0 Å². The average Bonchev–Trinajstić information content (AvgIpc) is 2.41. The molecule has 0 saturated heterocycles. The SMILES string of the molecule is C#CCN=C1CC(C/C=C\C(C)(C)C)C1(CC)NCCC. The molecule has 2 atom stereocenters. The van der Waals surface area contributed by atoms with Gasteiger partial charge >= 0.3 is 0 Å². The summed E-state index contributed by atoms with van der Waals surface area (Å²) in [5, 5.41) is 3.76. The van der Waals surface area contributed by atoms with Crippen molar-refractivity contribution in [1.29, 1.82) is 0 Å². The Morgan fingerprint density at radius 1 is 1.43 bits per heavy atom. The maximum atomic E-state index is 5.36. The minimum absolute atomic E-state index is 0.0785. The molecule has 1 saturated carbocycles. The van der Waals surface area contributed by atoms with Crippen molar-refractivity contribution in [2.75, 3.05) is 13.1 Å². The van der Waals surface area contributed by atoms with Gasteiger partial charge in [0, 0.05) is 5.71 Å². The monoisotopic (exact) mass is 288 g/mol. The first-order chi connectivity index (χ1) is 9.89. The van der Waals surface area contributed by atoms with Crippen molar-refractivity contribution in [3.05, 3.63) is 12.2 Å². The van der Waals surface area contributed by atoms with Crippen LogP contribution in [0.3, 0.4) is 0 Å². The van der Waals surface area contributed by atoms with Crippen molar-refractivity contribution >= 4 is 5.71 Å². The number of rotatable bonds is 7. The van der Waals surface area contributed by atoms with Crippen LogP contribution in [0, 0.1) is 23.7 Å². The molecule has 1 fully saturated rings. The van der Waals surface area contributed by atoms with Crippen molar-refractivity contribution in [1.82, 2.24) is 5.32 Å². The second-order valence-corrected chi connectivity index (χ2v) is 7.12.